The molecule has 19 heavy (non-hydrogen) atoms. The number of benzene rings is 2. The Morgan fingerprint density at radius 1 is 1.26 bits per heavy atom. The first kappa shape index (κ1) is 13.5. The van der Waals surface area contributed by atoms with Crippen molar-refractivity contribution in [3.05, 3.63) is 47.8 Å². The second-order valence-electron chi connectivity index (χ2n) is 4.52. The minimum atomic E-state index is -0.322. The summed E-state index contributed by atoms with van der Waals surface area (Å²) in [6.45, 7) is 2.38. The molecule has 0 aliphatic heterocycles. The molecular weight excluding hydrogens is 243 g/mol. The minimum absolute atomic E-state index is 0.0596. The fraction of sp³-hybridized carbons (Fsp3) is 0.267. The van der Waals surface area contributed by atoms with E-state index in [9.17, 15) is 9.18 Å². The number of nitrogens with two attached hydrogens (primary N) is 1. The second kappa shape index (κ2) is 5.80. The molecule has 0 fully saturated rings. The van der Waals surface area contributed by atoms with E-state index in [4.69, 9.17) is 5.73 Å². The molecule has 4 heteroatoms. The van der Waals surface area contributed by atoms with Gasteiger partial charge >= 0.3 is 0 Å². The van der Waals surface area contributed by atoms with Crippen LogP contribution in [0.15, 0.2) is 36.4 Å². The summed E-state index contributed by atoms with van der Waals surface area (Å²) in [6.07, 6.45) is 0.796. The molecular formula is C15H17FN2O. The molecule has 3 nitrogen and oxygen atoms in total. The summed E-state index contributed by atoms with van der Waals surface area (Å²) in [5.74, 6) is -0.544. The van der Waals surface area contributed by atoms with Crippen molar-refractivity contribution in [3.8, 4) is 0 Å². The molecule has 0 bridgehead atoms. The largest absolute Gasteiger partial charge is 0.350 e. The Balaban J connectivity index is 2.30. The standard InChI is InChI=1S/C15H17FN2O/c1-2-10(17)9-18-15(19)13-7-8-14(16)12-6-4-3-5-11(12)13/h3-8,10H,2,9,17H2,1H3,(H,18,19). The molecule has 2 aromatic rings. The Bertz CT molecular complexity index is 598. The van der Waals surface area contributed by atoms with Crippen LogP contribution in [0.1, 0.15) is 23.7 Å². The topological polar surface area (TPSA) is 55.1 Å². The molecule has 0 aliphatic rings. The maximum Gasteiger partial charge on any atom is 0.251 e. The lowest BCUT2D eigenvalue weighted by Gasteiger charge is -2.12. The number of hydrogen-bond acceptors (Lipinski definition) is 2. The normalized spacial score (nSPS) is 12.4. The third-order valence-corrected chi connectivity index (χ3v) is 3.16. The summed E-state index contributed by atoms with van der Waals surface area (Å²) in [7, 11) is 0. The number of amides is 1. The third kappa shape index (κ3) is 2.90. The molecule has 2 aromatic carbocycles. The molecule has 3 N–H and O–H groups in total. The van der Waals surface area contributed by atoms with Crippen molar-refractivity contribution in [2.45, 2.75) is 19.4 Å². The molecule has 100 valence electrons. The Labute approximate surface area is 111 Å². The van der Waals surface area contributed by atoms with Gasteiger partial charge in [-0.3, -0.25) is 4.79 Å². The predicted octanol–water partition coefficient (Wildman–Crippen LogP) is 2.45. The van der Waals surface area contributed by atoms with E-state index in [1.165, 1.54) is 12.1 Å². The van der Waals surface area contributed by atoms with Gasteiger partial charge in [-0.05, 0) is 23.9 Å². The van der Waals surface area contributed by atoms with E-state index in [1.807, 2.05) is 6.92 Å². The maximum atomic E-state index is 13.6. The zero-order chi connectivity index (χ0) is 13.8. The summed E-state index contributed by atoms with van der Waals surface area (Å²) >= 11 is 0. The van der Waals surface area contributed by atoms with Crippen LogP contribution in [0.25, 0.3) is 10.8 Å². The smallest absolute Gasteiger partial charge is 0.251 e. The monoisotopic (exact) mass is 260 g/mol. The van der Waals surface area contributed by atoms with E-state index in [1.54, 1.807) is 24.3 Å². The van der Waals surface area contributed by atoms with Crippen LogP contribution in [0.3, 0.4) is 0 Å². The number of hydrogen-bond donors (Lipinski definition) is 2. The highest BCUT2D eigenvalue weighted by Crippen LogP contribution is 2.21. The highest BCUT2D eigenvalue weighted by molar-refractivity contribution is 6.07. The van der Waals surface area contributed by atoms with Gasteiger partial charge in [0.15, 0.2) is 0 Å². The van der Waals surface area contributed by atoms with Gasteiger partial charge < -0.3 is 11.1 Å². The number of rotatable bonds is 4. The van der Waals surface area contributed by atoms with Crippen LogP contribution in [0.2, 0.25) is 0 Å². The summed E-state index contributed by atoms with van der Waals surface area (Å²) < 4.78 is 13.6. The van der Waals surface area contributed by atoms with Crippen LogP contribution in [-0.4, -0.2) is 18.5 Å². The highest BCUT2D eigenvalue weighted by Gasteiger charge is 2.12. The fourth-order valence-corrected chi connectivity index (χ4v) is 1.92. The van der Waals surface area contributed by atoms with Crippen LogP contribution in [-0.2, 0) is 0 Å². The number of nitrogens with one attached hydrogen (secondary N) is 1. The number of carbonyl (C=O) groups excluding carboxylic acids is 1. The lowest BCUT2D eigenvalue weighted by atomic mass is 10.0. The van der Waals surface area contributed by atoms with Gasteiger partial charge in [0.05, 0.1) is 0 Å². The van der Waals surface area contributed by atoms with Gasteiger partial charge in [0, 0.05) is 23.5 Å². The molecule has 0 aromatic heterocycles. The summed E-state index contributed by atoms with van der Waals surface area (Å²) in [6, 6.07) is 9.71. The first-order chi connectivity index (χ1) is 9.13. The Morgan fingerprint density at radius 3 is 2.63 bits per heavy atom. The molecule has 1 atom stereocenters. The summed E-state index contributed by atoms with van der Waals surface area (Å²) in [4.78, 5) is 12.1. The molecule has 1 amide bonds. The molecule has 0 heterocycles. The highest BCUT2D eigenvalue weighted by atomic mass is 19.1. The Morgan fingerprint density at radius 2 is 1.95 bits per heavy atom. The lowest BCUT2D eigenvalue weighted by molar-refractivity contribution is 0.0952. The molecule has 0 saturated carbocycles. The van der Waals surface area contributed by atoms with E-state index in [-0.39, 0.29) is 17.8 Å². The molecule has 0 aliphatic carbocycles. The molecule has 0 spiro atoms. The van der Waals surface area contributed by atoms with Gasteiger partial charge in [-0.1, -0.05) is 31.2 Å². The van der Waals surface area contributed by atoms with Gasteiger partial charge in [-0.15, -0.1) is 0 Å². The van der Waals surface area contributed by atoms with Crippen LogP contribution in [0, 0.1) is 5.82 Å². The third-order valence-electron chi connectivity index (χ3n) is 3.16. The van der Waals surface area contributed by atoms with Crippen molar-refractivity contribution in [2.24, 2.45) is 5.73 Å². The van der Waals surface area contributed by atoms with E-state index in [0.717, 1.165) is 6.42 Å². The molecule has 1 unspecified atom stereocenters. The van der Waals surface area contributed by atoms with Gasteiger partial charge in [0.25, 0.3) is 5.91 Å². The van der Waals surface area contributed by atoms with Crippen molar-refractivity contribution in [3.63, 3.8) is 0 Å². The van der Waals surface area contributed by atoms with Gasteiger partial charge in [0.2, 0.25) is 0 Å². The lowest BCUT2D eigenvalue weighted by Crippen LogP contribution is -2.36. The zero-order valence-corrected chi connectivity index (χ0v) is 10.8. The molecule has 0 radical (unpaired) electrons. The maximum absolute atomic E-state index is 13.6. The van der Waals surface area contributed by atoms with Crippen LogP contribution in [0.4, 0.5) is 4.39 Å². The first-order valence-electron chi connectivity index (χ1n) is 6.34. The number of fused-ring (bicyclic) bond motifs is 1. The van der Waals surface area contributed by atoms with Gasteiger partial charge in [-0.2, -0.15) is 0 Å². The SMILES string of the molecule is CCC(N)CNC(=O)c1ccc(F)c2ccccc12. The fourth-order valence-electron chi connectivity index (χ4n) is 1.92. The van der Waals surface area contributed by atoms with Crippen LogP contribution in [0.5, 0.6) is 0 Å². The Hall–Kier alpha value is -1.94. The van der Waals surface area contributed by atoms with E-state index < -0.39 is 0 Å². The average Bonchev–Trinajstić information content (AvgIpc) is 2.45. The van der Waals surface area contributed by atoms with E-state index >= 15 is 0 Å². The minimum Gasteiger partial charge on any atom is -0.350 e. The van der Waals surface area contributed by atoms with Gasteiger partial charge in [-0.25, -0.2) is 4.39 Å². The number of halogens is 1. The predicted molar refractivity (Wildman–Crippen MR) is 74.5 cm³/mol. The van der Waals surface area contributed by atoms with Crippen molar-refractivity contribution in [1.82, 2.24) is 5.32 Å². The first-order valence-corrected chi connectivity index (χ1v) is 6.34. The zero-order valence-electron chi connectivity index (χ0n) is 10.8. The van der Waals surface area contributed by atoms with Crippen LogP contribution >= 0.6 is 0 Å². The Kier molecular flexibility index (Phi) is 4.12. The van der Waals surface area contributed by atoms with E-state index in [2.05, 4.69) is 5.32 Å². The van der Waals surface area contributed by atoms with E-state index in [0.29, 0.717) is 22.9 Å². The van der Waals surface area contributed by atoms with Crippen molar-refractivity contribution in [2.75, 3.05) is 6.54 Å². The van der Waals surface area contributed by atoms with Crippen molar-refractivity contribution < 1.29 is 9.18 Å². The average molecular weight is 260 g/mol. The number of carbonyl (C=O) groups is 1. The molecule has 2 rings (SSSR count). The van der Waals surface area contributed by atoms with Crippen molar-refractivity contribution >= 4 is 16.7 Å². The van der Waals surface area contributed by atoms with Gasteiger partial charge in [0.1, 0.15) is 5.82 Å². The summed E-state index contributed by atoms with van der Waals surface area (Å²) in [5, 5.41) is 3.84. The second-order valence-corrected chi connectivity index (χ2v) is 4.52. The summed E-state index contributed by atoms with van der Waals surface area (Å²) in [5.41, 5.74) is 6.23. The molecule has 0 saturated heterocycles. The van der Waals surface area contributed by atoms with Crippen molar-refractivity contribution in [1.29, 1.82) is 0 Å². The van der Waals surface area contributed by atoms with Crippen LogP contribution < -0.4 is 11.1 Å². The quantitative estimate of drug-likeness (QED) is 0.887.